The molecule has 6 rings (SSSR count). The molecule has 3 N–H and O–H groups in total. The number of aliphatic hydroxyl groups excluding tert-OH is 2. The summed E-state index contributed by atoms with van der Waals surface area (Å²) in [6.45, 7) is 10.2. The first kappa shape index (κ1) is 34.8. The van der Waals surface area contributed by atoms with Crippen molar-refractivity contribution in [1.29, 1.82) is 0 Å². The molecule has 2 aromatic rings. The van der Waals surface area contributed by atoms with Gasteiger partial charge in [0.1, 0.15) is 17.9 Å². The zero-order valence-electron chi connectivity index (χ0n) is 29.3. The number of nitrogens with zero attached hydrogens (tertiary/aromatic N) is 3. The Bertz CT molecular complexity index is 1350. The molecule has 1 heterocycles. The number of methoxy groups -OCH3 is 1. The van der Waals surface area contributed by atoms with E-state index in [-0.39, 0.29) is 25.1 Å². The second-order valence-corrected chi connectivity index (χ2v) is 15.2. The van der Waals surface area contributed by atoms with Crippen molar-refractivity contribution in [3.63, 3.8) is 0 Å². The van der Waals surface area contributed by atoms with Gasteiger partial charge in [0.15, 0.2) is 0 Å². The summed E-state index contributed by atoms with van der Waals surface area (Å²) in [5, 5.41) is 26.2. The molecule has 3 aliphatic carbocycles. The van der Waals surface area contributed by atoms with Gasteiger partial charge in [-0.2, -0.15) is 5.06 Å². The zero-order chi connectivity index (χ0) is 33.5. The Morgan fingerprint density at radius 1 is 1.11 bits per heavy atom. The van der Waals surface area contributed by atoms with Crippen LogP contribution in [0.15, 0.2) is 36.4 Å². The molecule has 0 radical (unpaired) electrons. The van der Waals surface area contributed by atoms with Gasteiger partial charge in [-0.3, -0.25) is 9.63 Å². The summed E-state index contributed by atoms with van der Waals surface area (Å²) in [5.74, 6) is 1.54. The minimum absolute atomic E-state index is 0.0811. The molecule has 1 aliphatic heterocycles. The molecule has 3 saturated carbocycles. The molecule has 2 bridgehead atoms. The summed E-state index contributed by atoms with van der Waals surface area (Å²) in [5.41, 5.74) is 5.64. The number of rotatable bonds is 12. The van der Waals surface area contributed by atoms with E-state index in [4.69, 9.17) is 9.57 Å². The van der Waals surface area contributed by atoms with Crippen LogP contribution in [0.5, 0.6) is 5.75 Å². The minimum Gasteiger partial charge on any atom is -0.496 e. The Balaban J connectivity index is 1.45. The Morgan fingerprint density at radius 3 is 2.28 bits per heavy atom. The van der Waals surface area contributed by atoms with Crippen LogP contribution in [0.25, 0.3) is 11.1 Å². The second-order valence-electron chi connectivity index (χ2n) is 15.2. The number of amides is 1. The molecule has 4 aliphatic rings. The third kappa shape index (κ3) is 6.86. The molecular formula is C37H56N4O5. The van der Waals surface area contributed by atoms with Crippen molar-refractivity contribution in [2.75, 3.05) is 41.9 Å². The van der Waals surface area contributed by atoms with Gasteiger partial charge in [0, 0.05) is 36.2 Å². The molecule has 0 unspecified atom stereocenters. The fraction of sp³-hybridized carbons (Fsp3) is 0.649. The number of benzene rings is 2. The third-order valence-electron chi connectivity index (χ3n) is 11.1. The van der Waals surface area contributed by atoms with Crippen molar-refractivity contribution in [3.05, 3.63) is 53.1 Å². The maximum atomic E-state index is 14.1. The lowest BCUT2D eigenvalue weighted by Crippen LogP contribution is -2.62. The highest BCUT2D eigenvalue weighted by molar-refractivity contribution is 5.83. The van der Waals surface area contributed by atoms with Crippen LogP contribution in [-0.2, 0) is 29.3 Å². The monoisotopic (exact) mass is 636 g/mol. The molecular weight excluding hydrogens is 580 g/mol. The number of hydrogen-bond donors (Lipinski definition) is 3. The third-order valence-corrected chi connectivity index (χ3v) is 11.1. The molecule has 0 aromatic heterocycles. The summed E-state index contributed by atoms with van der Waals surface area (Å²) in [6, 6.07) is 12.1. The van der Waals surface area contributed by atoms with Crippen molar-refractivity contribution in [2.45, 2.75) is 84.5 Å². The number of nitrogens with one attached hydrogen (secondary N) is 1. The Morgan fingerprint density at radius 2 is 1.76 bits per heavy atom. The number of hydroxylamine groups is 2. The lowest BCUT2D eigenvalue weighted by molar-refractivity contribution is -0.183. The minimum atomic E-state index is -0.850. The van der Waals surface area contributed by atoms with Crippen molar-refractivity contribution >= 4 is 5.91 Å². The lowest BCUT2D eigenvalue weighted by atomic mass is 9.45. The summed E-state index contributed by atoms with van der Waals surface area (Å²) in [6.07, 6.45) is 0.646. The second kappa shape index (κ2) is 13.9. The number of carbonyl (C=O) groups excluding carboxylic acids is 1. The van der Waals surface area contributed by atoms with Crippen LogP contribution < -0.4 is 10.1 Å². The zero-order valence-corrected chi connectivity index (χ0v) is 29.3. The van der Waals surface area contributed by atoms with Gasteiger partial charge in [0.25, 0.3) is 0 Å². The fourth-order valence-electron chi connectivity index (χ4n) is 8.66. The highest BCUT2D eigenvalue weighted by Crippen LogP contribution is 2.61. The molecule has 0 spiro atoms. The molecule has 46 heavy (non-hydrogen) atoms. The molecule has 254 valence electrons. The van der Waals surface area contributed by atoms with E-state index in [9.17, 15) is 15.0 Å². The number of carbonyl (C=O) groups is 1. The van der Waals surface area contributed by atoms with Crippen LogP contribution in [0.2, 0.25) is 0 Å². The van der Waals surface area contributed by atoms with Crippen molar-refractivity contribution in [2.24, 2.45) is 29.1 Å². The summed E-state index contributed by atoms with van der Waals surface area (Å²) in [4.78, 5) is 24.7. The first-order valence-electron chi connectivity index (χ1n) is 16.9. The predicted octanol–water partition coefficient (Wildman–Crippen LogP) is 4.15. The molecule has 1 saturated heterocycles. The van der Waals surface area contributed by atoms with E-state index in [1.807, 2.05) is 12.1 Å². The number of para-hydroxylation sites is 1. The number of fused-ring (bicyclic) bond motifs is 2. The lowest BCUT2D eigenvalue weighted by Gasteiger charge is -2.62. The largest absolute Gasteiger partial charge is 0.496 e. The van der Waals surface area contributed by atoms with E-state index in [0.29, 0.717) is 28.9 Å². The SMILES string of the molecule is COc1c(CN2O[C@@H](CO)[C@H]([C@H](C)O)[C@H]2C(=O)N[C@H]2C[C@H]3C[C@@H]([C@@H]2C)C3(C)C)cccc1-c1cc(CN(C)C)cc(CN(C)C)c1. The predicted molar refractivity (Wildman–Crippen MR) is 181 cm³/mol. The highest BCUT2D eigenvalue weighted by Gasteiger charge is 2.57. The molecule has 4 fully saturated rings. The summed E-state index contributed by atoms with van der Waals surface area (Å²) in [7, 11) is 9.96. The van der Waals surface area contributed by atoms with Crippen LogP contribution >= 0.6 is 0 Å². The first-order chi connectivity index (χ1) is 21.7. The van der Waals surface area contributed by atoms with E-state index in [1.165, 1.54) is 17.5 Å². The van der Waals surface area contributed by atoms with Gasteiger partial charge >= 0.3 is 0 Å². The number of hydrogen-bond acceptors (Lipinski definition) is 8. The number of aliphatic hydroxyl groups is 2. The van der Waals surface area contributed by atoms with Crippen molar-refractivity contribution in [3.8, 4) is 16.9 Å². The first-order valence-corrected chi connectivity index (χ1v) is 16.9. The van der Waals surface area contributed by atoms with Crippen LogP contribution in [0.4, 0.5) is 0 Å². The summed E-state index contributed by atoms with van der Waals surface area (Å²) < 4.78 is 6.08. The van der Waals surface area contributed by atoms with Crippen molar-refractivity contribution in [1.82, 2.24) is 20.2 Å². The maximum Gasteiger partial charge on any atom is 0.240 e. The average molecular weight is 637 g/mol. The van der Waals surface area contributed by atoms with Gasteiger partial charge in [-0.15, -0.1) is 0 Å². The van der Waals surface area contributed by atoms with Crippen LogP contribution in [0.1, 0.15) is 57.2 Å². The smallest absolute Gasteiger partial charge is 0.240 e. The fourth-order valence-corrected chi connectivity index (χ4v) is 8.66. The Labute approximate surface area is 275 Å². The van der Waals surface area contributed by atoms with Crippen LogP contribution in [0.3, 0.4) is 0 Å². The normalized spacial score (nSPS) is 29.5. The topological polar surface area (TPSA) is 97.7 Å². The standard InChI is InChI=1S/C37H56N4O5/c1-22-30-16-28(37(30,3)4)17-31(22)38-36(44)34-33(23(2)43)32(21-42)46-41(34)20-26-11-10-12-29(35(26)45-9)27-14-24(18-39(5)6)13-25(15-27)19-40(7)8/h10-15,22-23,28,30-34,42-43H,16-21H2,1-9H3,(H,38,44)/t22-,23-,28+,30-,31-,32-,33-,34-/m0/s1. The molecule has 8 atom stereocenters. The summed E-state index contributed by atoms with van der Waals surface area (Å²) >= 11 is 0. The Kier molecular flexibility index (Phi) is 10.5. The average Bonchev–Trinajstić information content (AvgIpc) is 3.35. The van der Waals surface area contributed by atoms with E-state index < -0.39 is 24.2 Å². The molecule has 2 aromatic carbocycles. The van der Waals surface area contributed by atoms with Gasteiger partial charge in [-0.05, 0) is 99.9 Å². The van der Waals surface area contributed by atoms with Crippen LogP contribution in [-0.4, -0.2) is 97.2 Å². The van der Waals surface area contributed by atoms with E-state index in [0.717, 1.165) is 36.2 Å². The molecule has 9 heteroatoms. The van der Waals surface area contributed by atoms with Gasteiger partial charge in [0.2, 0.25) is 5.91 Å². The molecule has 1 amide bonds. The van der Waals surface area contributed by atoms with Crippen molar-refractivity contribution < 1.29 is 24.6 Å². The number of ether oxygens (including phenoxy) is 1. The highest BCUT2D eigenvalue weighted by atomic mass is 16.7. The maximum absolute atomic E-state index is 14.1. The van der Waals surface area contributed by atoms with E-state index in [1.54, 1.807) is 19.1 Å². The van der Waals surface area contributed by atoms with E-state index in [2.05, 4.69) is 88.3 Å². The van der Waals surface area contributed by atoms with Gasteiger partial charge in [-0.25, -0.2) is 0 Å². The van der Waals surface area contributed by atoms with Gasteiger partial charge in [0.05, 0.1) is 26.4 Å². The van der Waals surface area contributed by atoms with Gasteiger partial charge < -0.3 is 30.1 Å². The Hall–Kier alpha value is -2.53. The van der Waals surface area contributed by atoms with Gasteiger partial charge in [-0.1, -0.05) is 45.0 Å². The molecule has 9 nitrogen and oxygen atoms in total. The van der Waals surface area contributed by atoms with E-state index >= 15 is 0 Å². The quantitative estimate of drug-likeness (QED) is 0.320. The van der Waals surface area contributed by atoms with Crippen LogP contribution in [0, 0.1) is 29.1 Å².